The molecule has 1 aromatic carbocycles. The van der Waals surface area contributed by atoms with Gasteiger partial charge < -0.3 is 15.1 Å². The predicted octanol–water partition coefficient (Wildman–Crippen LogP) is 3.00. The summed E-state index contributed by atoms with van der Waals surface area (Å²) in [5, 5.41) is 14.5. The fourth-order valence-electron chi connectivity index (χ4n) is 2.66. The number of hydrogen-bond acceptors (Lipinski definition) is 5. The smallest absolute Gasteiger partial charge is 0.321 e. The second-order valence-electron chi connectivity index (χ2n) is 5.52. The van der Waals surface area contributed by atoms with Gasteiger partial charge >= 0.3 is 11.7 Å². The van der Waals surface area contributed by atoms with E-state index in [9.17, 15) is 14.9 Å². The highest BCUT2D eigenvalue weighted by molar-refractivity contribution is 6.30. The number of pyridine rings is 1. The molecule has 130 valence electrons. The number of nitro groups is 1. The molecule has 1 N–H and O–H groups in total. The fraction of sp³-hybridized carbons (Fsp3) is 0.250. The number of aromatic nitrogens is 1. The van der Waals surface area contributed by atoms with Crippen molar-refractivity contribution in [3.05, 3.63) is 57.7 Å². The Bertz CT molecular complexity index is 793. The summed E-state index contributed by atoms with van der Waals surface area (Å²) in [5.74, 6) is 0.336. The van der Waals surface area contributed by atoms with Gasteiger partial charge in [-0.1, -0.05) is 17.7 Å². The van der Waals surface area contributed by atoms with Crippen LogP contribution in [0.1, 0.15) is 0 Å². The number of anilines is 2. The number of amides is 2. The third-order valence-electron chi connectivity index (χ3n) is 3.91. The van der Waals surface area contributed by atoms with Crippen LogP contribution >= 0.6 is 11.6 Å². The number of carbonyl (C=O) groups excluding carboxylic acids is 1. The molecule has 0 saturated carbocycles. The highest BCUT2D eigenvalue weighted by atomic mass is 35.5. The molecule has 8 nitrogen and oxygen atoms in total. The molecule has 0 aliphatic carbocycles. The third-order valence-corrected chi connectivity index (χ3v) is 4.14. The van der Waals surface area contributed by atoms with E-state index < -0.39 is 4.92 Å². The van der Waals surface area contributed by atoms with E-state index >= 15 is 0 Å². The number of nitrogens with zero attached hydrogens (tertiary/aromatic N) is 4. The van der Waals surface area contributed by atoms with Crippen LogP contribution < -0.4 is 10.2 Å². The number of halogens is 1. The molecule has 1 aliphatic rings. The molecule has 3 rings (SSSR count). The van der Waals surface area contributed by atoms with E-state index in [1.807, 2.05) is 4.90 Å². The van der Waals surface area contributed by atoms with Crippen molar-refractivity contribution < 1.29 is 9.72 Å². The lowest BCUT2D eigenvalue weighted by atomic mass is 10.3. The first-order chi connectivity index (χ1) is 12.0. The van der Waals surface area contributed by atoms with Gasteiger partial charge in [-0.15, -0.1) is 0 Å². The first-order valence-corrected chi connectivity index (χ1v) is 8.08. The van der Waals surface area contributed by atoms with E-state index in [4.69, 9.17) is 11.6 Å². The van der Waals surface area contributed by atoms with Gasteiger partial charge in [-0.05, 0) is 24.3 Å². The molecule has 0 spiro atoms. The van der Waals surface area contributed by atoms with Crippen LogP contribution in [-0.2, 0) is 0 Å². The van der Waals surface area contributed by atoms with Gasteiger partial charge in [0.1, 0.15) is 0 Å². The predicted molar refractivity (Wildman–Crippen MR) is 95.1 cm³/mol. The summed E-state index contributed by atoms with van der Waals surface area (Å²) in [4.78, 5) is 30.6. The van der Waals surface area contributed by atoms with Crippen LogP contribution in [0.4, 0.5) is 22.0 Å². The standard InChI is InChI=1S/C16H16ClN5O3/c17-12-3-1-4-13(11-12)19-16(23)21-9-7-20(8-10-21)15-14(22(24)25)5-2-6-18-15/h1-6,11H,7-10H2,(H,19,23). The first-order valence-electron chi connectivity index (χ1n) is 7.70. The van der Waals surface area contributed by atoms with Gasteiger partial charge in [0.25, 0.3) is 0 Å². The molecule has 1 aliphatic heterocycles. The Kier molecular flexibility index (Phi) is 4.99. The van der Waals surface area contributed by atoms with Gasteiger partial charge in [0.2, 0.25) is 5.82 Å². The Morgan fingerprint density at radius 3 is 2.64 bits per heavy atom. The van der Waals surface area contributed by atoms with E-state index in [2.05, 4.69) is 10.3 Å². The fourth-order valence-corrected chi connectivity index (χ4v) is 2.86. The maximum atomic E-state index is 12.3. The van der Waals surface area contributed by atoms with Gasteiger partial charge in [0.15, 0.2) is 0 Å². The van der Waals surface area contributed by atoms with Crippen LogP contribution in [-0.4, -0.2) is 47.0 Å². The quantitative estimate of drug-likeness (QED) is 0.670. The highest BCUT2D eigenvalue weighted by Gasteiger charge is 2.26. The van der Waals surface area contributed by atoms with Crippen LogP contribution in [0.3, 0.4) is 0 Å². The molecular formula is C16H16ClN5O3. The minimum atomic E-state index is -0.444. The van der Waals surface area contributed by atoms with Crippen LogP contribution in [0, 0.1) is 10.1 Å². The van der Waals surface area contributed by atoms with Crippen molar-refractivity contribution in [2.24, 2.45) is 0 Å². The van der Waals surface area contributed by atoms with Crippen molar-refractivity contribution in [2.45, 2.75) is 0 Å². The Labute approximate surface area is 149 Å². The average Bonchev–Trinajstić information content (AvgIpc) is 2.62. The number of carbonyl (C=O) groups is 1. The van der Waals surface area contributed by atoms with Crippen molar-refractivity contribution >= 4 is 34.8 Å². The molecular weight excluding hydrogens is 346 g/mol. The zero-order chi connectivity index (χ0) is 17.8. The summed E-state index contributed by atoms with van der Waals surface area (Å²) in [6.45, 7) is 1.84. The molecule has 0 atom stereocenters. The number of urea groups is 1. The van der Waals surface area contributed by atoms with E-state index in [1.165, 1.54) is 18.3 Å². The van der Waals surface area contributed by atoms with Crippen molar-refractivity contribution in [1.82, 2.24) is 9.88 Å². The third kappa shape index (κ3) is 3.97. The Hall–Kier alpha value is -2.87. The number of nitrogens with one attached hydrogen (secondary N) is 1. The van der Waals surface area contributed by atoms with Crippen LogP contribution in [0.2, 0.25) is 5.02 Å². The number of rotatable bonds is 3. The largest absolute Gasteiger partial charge is 0.347 e. The normalized spacial score (nSPS) is 14.3. The second kappa shape index (κ2) is 7.35. The van der Waals surface area contributed by atoms with Gasteiger partial charge in [-0.25, -0.2) is 9.78 Å². The number of piperazine rings is 1. The molecule has 2 heterocycles. The summed E-state index contributed by atoms with van der Waals surface area (Å²) in [5.41, 5.74) is 0.597. The molecule has 0 unspecified atom stereocenters. The molecule has 2 amide bonds. The lowest BCUT2D eigenvalue weighted by Crippen LogP contribution is -2.50. The van der Waals surface area contributed by atoms with Crippen molar-refractivity contribution in [2.75, 3.05) is 36.4 Å². The minimum absolute atomic E-state index is 0.0284. The van der Waals surface area contributed by atoms with Crippen LogP contribution in [0.25, 0.3) is 0 Å². The number of benzene rings is 1. The molecule has 0 bridgehead atoms. The zero-order valence-electron chi connectivity index (χ0n) is 13.3. The Morgan fingerprint density at radius 2 is 1.96 bits per heavy atom. The van der Waals surface area contributed by atoms with Gasteiger partial charge in [0, 0.05) is 49.2 Å². The monoisotopic (exact) mass is 361 g/mol. The molecule has 2 aromatic rings. The summed E-state index contributed by atoms with van der Waals surface area (Å²) in [7, 11) is 0. The maximum absolute atomic E-state index is 12.3. The topological polar surface area (TPSA) is 91.6 Å². The second-order valence-corrected chi connectivity index (χ2v) is 5.95. The van der Waals surface area contributed by atoms with E-state index in [0.29, 0.717) is 42.7 Å². The summed E-state index contributed by atoms with van der Waals surface area (Å²) < 4.78 is 0. The van der Waals surface area contributed by atoms with E-state index in [-0.39, 0.29) is 11.7 Å². The lowest BCUT2D eigenvalue weighted by molar-refractivity contribution is -0.384. The lowest BCUT2D eigenvalue weighted by Gasteiger charge is -2.35. The van der Waals surface area contributed by atoms with Gasteiger partial charge in [0.05, 0.1) is 4.92 Å². The molecule has 1 fully saturated rings. The molecule has 9 heteroatoms. The highest BCUT2D eigenvalue weighted by Crippen LogP contribution is 2.25. The maximum Gasteiger partial charge on any atom is 0.321 e. The van der Waals surface area contributed by atoms with E-state index in [1.54, 1.807) is 29.2 Å². The van der Waals surface area contributed by atoms with Gasteiger partial charge in [-0.3, -0.25) is 10.1 Å². The van der Waals surface area contributed by atoms with Gasteiger partial charge in [-0.2, -0.15) is 0 Å². The average molecular weight is 362 g/mol. The Morgan fingerprint density at radius 1 is 1.20 bits per heavy atom. The zero-order valence-corrected chi connectivity index (χ0v) is 14.0. The number of hydrogen-bond donors (Lipinski definition) is 1. The van der Waals surface area contributed by atoms with Crippen LogP contribution in [0.5, 0.6) is 0 Å². The van der Waals surface area contributed by atoms with Crippen molar-refractivity contribution in [1.29, 1.82) is 0 Å². The minimum Gasteiger partial charge on any atom is -0.347 e. The summed E-state index contributed by atoms with van der Waals surface area (Å²) in [6, 6.07) is 9.67. The first kappa shape index (κ1) is 17.0. The molecule has 25 heavy (non-hydrogen) atoms. The Balaban J connectivity index is 1.62. The van der Waals surface area contributed by atoms with Crippen LogP contribution in [0.15, 0.2) is 42.6 Å². The van der Waals surface area contributed by atoms with Crippen molar-refractivity contribution in [3.8, 4) is 0 Å². The summed E-state index contributed by atoms with van der Waals surface area (Å²) in [6.07, 6.45) is 1.53. The molecule has 1 aromatic heterocycles. The van der Waals surface area contributed by atoms with Crippen molar-refractivity contribution in [3.63, 3.8) is 0 Å². The van der Waals surface area contributed by atoms with E-state index in [0.717, 1.165) is 0 Å². The molecule has 1 saturated heterocycles. The SMILES string of the molecule is O=C(Nc1cccc(Cl)c1)N1CCN(c2ncccc2[N+](=O)[O-])CC1. The molecule has 0 radical (unpaired) electrons. The summed E-state index contributed by atoms with van der Waals surface area (Å²) >= 11 is 5.91.